The second kappa shape index (κ2) is 7.92. The van der Waals surface area contributed by atoms with E-state index in [-0.39, 0.29) is 6.03 Å². The molecule has 27 heavy (non-hydrogen) atoms. The average molecular weight is 382 g/mol. The van der Waals surface area contributed by atoms with Crippen molar-refractivity contribution >= 4 is 23.1 Å². The van der Waals surface area contributed by atoms with Crippen molar-refractivity contribution in [2.24, 2.45) is 5.92 Å². The number of benzene rings is 1. The van der Waals surface area contributed by atoms with Gasteiger partial charge in [-0.15, -0.1) is 0 Å². The molecule has 0 spiro atoms. The molecule has 140 valence electrons. The highest BCUT2D eigenvalue weighted by molar-refractivity contribution is 7.08. The van der Waals surface area contributed by atoms with E-state index in [9.17, 15) is 4.79 Å². The highest BCUT2D eigenvalue weighted by Crippen LogP contribution is 2.24. The van der Waals surface area contributed by atoms with Gasteiger partial charge in [0.2, 0.25) is 11.7 Å². The Morgan fingerprint density at radius 3 is 3.15 bits per heavy atom. The zero-order chi connectivity index (χ0) is 18.6. The lowest BCUT2D eigenvalue weighted by Gasteiger charge is -2.32. The molecule has 2 amide bonds. The lowest BCUT2D eigenvalue weighted by atomic mass is 9.95. The second-order valence-electron chi connectivity index (χ2n) is 6.98. The van der Waals surface area contributed by atoms with Crippen LogP contribution in [0.15, 0.2) is 45.6 Å². The number of aromatic nitrogens is 2. The second-order valence-corrected chi connectivity index (χ2v) is 7.76. The third kappa shape index (κ3) is 4.36. The molecular weight excluding hydrogens is 360 g/mol. The topological polar surface area (TPSA) is 71.3 Å². The van der Waals surface area contributed by atoms with Crippen LogP contribution in [0.1, 0.15) is 24.3 Å². The van der Waals surface area contributed by atoms with Gasteiger partial charge < -0.3 is 14.7 Å². The number of likely N-dealkylation sites (tertiary alicyclic amines) is 1. The minimum atomic E-state index is -0.0465. The van der Waals surface area contributed by atoms with Crippen LogP contribution >= 0.6 is 11.3 Å². The number of anilines is 1. The number of hydrogen-bond acceptors (Lipinski definition) is 5. The third-order valence-corrected chi connectivity index (χ3v) is 5.47. The van der Waals surface area contributed by atoms with Crippen LogP contribution in [-0.4, -0.2) is 34.2 Å². The third-order valence-electron chi connectivity index (χ3n) is 4.79. The van der Waals surface area contributed by atoms with Gasteiger partial charge in [0.1, 0.15) is 0 Å². The van der Waals surface area contributed by atoms with E-state index in [1.165, 1.54) is 0 Å². The summed E-state index contributed by atoms with van der Waals surface area (Å²) in [7, 11) is 0. The van der Waals surface area contributed by atoms with Gasteiger partial charge in [0.25, 0.3) is 0 Å². The Kier molecular flexibility index (Phi) is 5.20. The molecule has 1 atom stereocenters. The summed E-state index contributed by atoms with van der Waals surface area (Å²) in [5.41, 5.74) is 2.94. The molecule has 3 aromatic rings. The molecular formula is C20H22N4O2S. The molecule has 1 aliphatic rings. The first-order chi connectivity index (χ1) is 13.2. The van der Waals surface area contributed by atoms with Gasteiger partial charge in [0.15, 0.2) is 0 Å². The van der Waals surface area contributed by atoms with Crippen molar-refractivity contribution < 1.29 is 9.32 Å². The fraction of sp³-hybridized carbons (Fsp3) is 0.350. The normalized spacial score (nSPS) is 17.1. The SMILES string of the molecule is Cc1cccc(NC(=O)N2CCCC(Cc3nc(-c4ccsc4)no3)C2)c1. The Hall–Kier alpha value is -2.67. The fourth-order valence-corrected chi connectivity index (χ4v) is 4.07. The molecule has 0 saturated carbocycles. The van der Waals surface area contributed by atoms with Crippen molar-refractivity contribution in [2.75, 3.05) is 18.4 Å². The summed E-state index contributed by atoms with van der Waals surface area (Å²) in [5.74, 6) is 1.61. The van der Waals surface area contributed by atoms with Gasteiger partial charge in [0.05, 0.1) is 0 Å². The van der Waals surface area contributed by atoms with Gasteiger partial charge in [-0.2, -0.15) is 16.3 Å². The summed E-state index contributed by atoms with van der Waals surface area (Å²) in [6, 6.07) is 9.79. The Labute approximate surface area is 162 Å². The number of carbonyl (C=O) groups excluding carboxylic acids is 1. The highest BCUT2D eigenvalue weighted by Gasteiger charge is 2.25. The van der Waals surface area contributed by atoms with Gasteiger partial charge in [0, 0.05) is 36.1 Å². The van der Waals surface area contributed by atoms with Crippen LogP contribution in [0.5, 0.6) is 0 Å². The summed E-state index contributed by atoms with van der Waals surface area (Å²) in [6.07, 6.45) is 2.74. The standard InChI is InChI=1S/C20H22N4O2S/c1-14-4-2-6-17(10-14)21-20(25)24-8-3-5-15(12-24)11-18-22-19(23-26-18)16-7-9-27-13-16/h2,4,6-7,9-10,13,15H,3,5,8,11-12H2,1H3,(H,21,25). The lowest BCUT2D eigenvalue weighted by Crippen LogP contribution is -2.42. The van der Waals surface area contributed by atoms with E-state index in [1.807, 2.05) is 52.9 Å². The highest BCUT2D eigenvalue weighted by atomic mass is 32.1. The smallest absolute Gasteiger partial charge is 0.321 e. The molecule has 0 radical (unpaired) electrons. The summed E-state index contributed by atoms with van der Waals surface area (Å²) >= 11 is 1.61. The number of amides is 2. The van der Waals surface area contributed by atoms with E-state index in [0.29, 0.717) is 30.6 Å². The summed E-state index contributed by atoms with van der Waals surface area (Å²) in [5, 5.41) is 11.1. The number of urea groups is 1. The Morgan fingerprint density at radius 1 is 1.41 bits per heavy atom. The number of rotatable bonds is 4. The molecule has 4 rings (SSSR count). The number of nitrogens with one attached hydrogen (secondary N) is 1. The number of nitrogens with zero attached hydrogens (tertiary/aromatic N) is 3. The molecule has 1 aliphatic heterocycles. The van der Waals surface area contributed by atoms with Crippen LogP contribution in [-0.2, 0) is 6.42 Å². The molecule has 1 N–H and O–H groups in total. The monoisotopic (exact) mass is 382 g/mol. The van der Waals surface area contributed by atoms with Crippen LogP contribution in [0.4, 0.5) is 10.5 Å². The van der Waals surface area contributed by atoms with Crippen LogP contribution in [0.3, 0.4) is 0 Å². The first-order valence-corrected chi connectivity index (χ1v) is 10.1. The van der Waals surface area contributed by atoms with Crippen LogP contribution in [0, 0.1) is 12.8 Å². The van der Waals surface area contributed by atoms with Crippen LogP contribution < -0.4 is 5.32 Å². The predicted octanol–water partition coefficient (Wildman–Crippen LogP) is 4.59. The van der Waals surface area contributed by atoms with Crippen molar-refractivity contribution in [2.45, 2.75) is 26.2 Å². The minimum Gasteiger partial charge on any atom is -0.339 e. The zero-order valence-corrected chi connectivity index (χ0v) is 16.0. The lowest BCUT2D eigenvalue weighted by molar-refractivity contribution is 0.173. The van der Waals surface area contributed by atoms with Gasteiger partial charge in [-0.25, -0.2) is 4.79 Å². The first-order valence-electron chi connectivity index (χ1n) is 9.15. The van der Waals surface area contributed by atoms with Crippen molar-refractivity contribution in [1.82, 2.24) is 15.0 Å². The Morgan fingerprint density at radius 2 is 2.33 bits per heavy atom. The Bertz CT molecular complexity index is 906. The largest absolute Gasteiger partial charge is 0.339 e. The number of thiophene rings is 1. The summed E-state index contributed by atoms with van der Waals surface area (Å²) in [6.45, 7) is 3.49. The fourth-order valence-electron chi connectivity index (χ4n) is 3.44. The van der Waals surface area contributed by atoms with E-state index in [4.69, 9.17) is 4.52 Å². The van der Waals surface area contributed by atoms with E-state index in [2.05, 4.69) is 15.5 Å². The van der Waals surface area contributed by atoms with Crippen molar-refractivity contribution in [3.05, 3.63) is 52.5 Å². The zero-order valence-electron chi connectivity index (χ0n) is 15.2. The van der Waals surface area contributed by atoms with Crippen molar-refractivity contribution in [3.63, 3.8) is 0 Å². The number of carbonyl (C=O) groups is 1. The predicted molar refractivity (Wildman–Crippen MR) is 106 cm³/mol. The van der Waals surface area contributed by atoms with E-state index in [1.54, 1.807) is 11.3 Å². The van der Waals surface area contributed by atoms with Crippen LogP contribution in [0.2, 0.25) is 0 Å². The van der Waals surface area contributed by atoms with E-state index < -0.39 is 0 Å². The molecule has 2 aromatic heterocycles. The molecule has 1 unspecified atom stereocenters. The molecule has 6 nitrogen and oxygen atoms in total. The number of hydrogen-bond donors (Lipinski definition) is 1. The van der Waals surface area contributed by atoms with E-state index >= 15 is 0 Å². The number of aryl methyl sites for hydroxylation is 1. The van der Waals surface area contributed by atoms with E-state index in [0.717, 1.165) is 36.2 Å². The average Bonchev–Trinajstić information content (AvgIpc) is 3.33. The van der Waals surface area contributed by atoms with Crippen molar-refractivity contribution in [1.29, 1.82) is 0 Å². The maximum absolute atomic E-state index is 12.6. The molecule has 1 fully saturated rings. The van der Waals surface area contributed by atoms with Gasteiger partial charge in [-0.05, 0) is 54.8 Å². The molecule has 0 bridgehead atoms. The maximum Gasteiger partial charge on any atom is 0.321 e. The summed E-state index contributed by atoms with van der Waals surface area (Å²) in [4.78, 5) is 19.0. The van der Waals surface area contributed by atoms with Crippen LogP contribution in [0.25, 0.3) is 11.4 Å². The molecule has 3 heterocycles. The number of piperidine rings is 1. The van der Waals surface area contributed by atoms with Crippen molar-refractivity contribution in [3.8, 4) is 11.4 Å². The van der Waals surface area contributed by atoms with Gasteiger partial charge in [-0.1, -0.05) is 17.3 Å². The molecule has 0 aliphatic carbocycles. The minimum absolute atomic E-state index is 0.0465. The first kappa shape index (κ1) is 17.7. The maximum atomic E-state index is 12.6. The summed E-state index contributed by atoms with van der Waals surface area (Å²) < 4.78 is 5.42. The quantitative estimate of drug-likeness (QED) is 0.716. The van der Waals surface area contributed by atoms with Gasteiger partial charge in [-0.3, -0.25) is 0 Å². The molecule has 1 aromatic carbocycles. The molecule has 1 saturated heterocycles. The van der Waals surface area contributed by atoms with Gasteiger partial charge >= 0.3 is 6.03 Å². The molecule has 7 heteroatoms. The Balaban J connectivity index is 1.36.